The third-order valence-corrected chi connectivity index (χ3v) is 4.12. The third-order valence-electron chi connectivity index (χ3n) is 4.12. The zero-order valence-corrected chi connectivity index (χ0v) is 13.1. The van der Waals surface area contributed by atoms with Gasteiger partial charge in [-0.05, 0) is 54.4 Å². The van der Waals surface area contributed by atoms with E-state index in [0.717, 1.165) is 0 Å². The molecule has 0 bridgehead atoms. The third kappa shape index (κ3) is 3.32. The molecule has 2 aromatic carbocycles. The Bertz CT molecular complexity index is 690. The average Bonchev–Trinajstić information content (AvgIpc) is 3.23. The molecule has 0 amide bonds. The minimum atomic E-state index is -0.496. The van der Waals surface area contributed by atoms with Crippen LogP contribution in [0, 0.1) is 17.8 Å². The molecule has 6 nitrogen and oxygen atoms in total. The molecule has 0 aromatic heterocycles. The zero-order chi connectivity index (χ0) is 17.3. The first-order chi connectivity index (χ1) is 11.5. The lowest BCUT2D eigenvalue weighted by molar-refractivity contribution is -0.141. The van der Waals surface area contributed by atoms with E-state index in [-0.39, 0.29) is 5.92 Å². The number of hydrogen-bond donors (Lipinski definition) is 2. The van der Waals surface area contributed by atoms with Gasteiger partial charge in [0.05, 0.1) is 11.8 Å². The molecule has 3 rings (SSSR count). The van der Waals surface area contributed by atoms with Crippen LogP contribution in [0.3, 0.4) is 0 Å². The fourth-order valence-electron chi connectivity index (χ4n) is 2.63. The van der Waals surface area contributed by atoms with Crippen molar-refractivity contribution < 1.29 is 19.1 Å². The zero-order valence-electron chi connectivity index (χ0n) is 13.1. The van der Waals surface area contributed by atoms with Gasteiger partial charge in [-0.15, -0.1) is 0 Å². The second-order valence-electron chi connectivity index (χ2n) is 5.89. The Morgan fingerprint density at radius 3 is 1.42 bits per heavy atom. The molecule has 4 N–H and O–H groups in total. The van der Waals surface area contributed by atoms with Crippen molar-refractivity contribution in [1.82, 2.24) is 0 Å². The topological polar surface area (TPSA) is 105 Å². The van der Waals surface area contributed by atoms with E-state index in [4.69, 9.17) is 20.9 Å². The maximum atomic E-state index is 12.2. The lowest BCUT2D eigenvalue weighted by Gasteiger charge is -2.05. The summed E-state index contributed by atoms with van der Waals surface area (Å²) in [6, 6.07) is 13.0. The number of ether oxygens (including phenoxy) is 2. The van der Waals surface area contributed by atoms with Crippen molar-refractivity contribution in [1.29, 1.82) is 0 Å². The normalized spacial score (nSPS) is 21.8. The molecule has 2 aromatic rings. The molecule has 0 aliphatic heterocycles. The number of carbonyl (C=O) groups is 2. The van der Waals surface area contributed by atoms with Crippen molar-refractivity contribution in [3.05, 3.63) is 48.5 Å². The van der Waals surface area contributed by atoms with Gasteiger partial charge in [0.1, 0.15) is 11.5 Å². The molecule has 1 aliphatic rings. The molecule has 1 saturated carbocycles. The quantitative estimate of drug-likeness (QED) is 0.507. The highest BCUT2D eigenvalue weighted by Gasteiger charge is 2.58. The van der Waals surface area contributed by atoms with E-state index in [0.29, 0.717) is 22.9 Å². The van der Waals surface area contributed by atoms with Crippen molar-refractivity contribution in [2.75, 3.05) is 11.5 Å². The molecule has 0 spiro atoms. The maximum Gasteiger partial charge on any atom is 0.315 e. The summed E-state index contributed by atoms with van der Waals surface area (Å²) in [4.78, 5) is 24.4. The first-order valence-corrected chi connectivity index (χ1v) is 7.60. The van der Waals surface area contributed by atoms with Gasteiger partial charge in [0, 0.05) is 11.4 Å². The van der Waals surface area contributed by atoms with Crippen molar-refractivity contribution >= 4 is 23.3 Å². The van der Waals surface area contributed by atoms with Gasteiger partial charge >= 0.3 is 11.9 Å². The predicted molar refractivity (Wildman–Crippen MR) is 89.1 cm³/mol. The number of hydrogen-bond acceptors (Lipinski definition) is 6. The van der Waals surface area contributed by atoms with Crippen LogP contribution in [0.5, 0.6) is 11.5 Å². The molecular weight excluding hydrogens is 308 g/mol. The highest BCUT2D eigenvalue weighted by atomic mass is 16.5. The van der Waals surface area contributed by atoms with E-state index < -0.39 is 23.8 Å². The van der Waals surface area contributed by atoms with E-state index in [1.807, 2.05) is 6.92 Å². The van der Waals surface area contributed by atoms with Crippen LogP contribution in [0.2, 0.25) is 0 Å². The molecule has 6 heteroatoms. The van der Waals surface area contributed by atoms with Crippen LogP contribution in [0.15, 0.2) is 48.5 Å². The molecule has 124 valence electrons. The minimum absolute atomic E-state index is 0.118. The van der Waals surface area contributed by atoms with Gasteiger partial charge in [-0.25, -0.2) is 0 Å². The smallest absolute Gasteiger partial charge is 0.315 e. The molecule has 2 atom stereocenters. The van der Waals surface area contributed by atoms with Crippen LogP contribution < -0.4 is 20.9 Å². The highest BCUT2D eigenvalue weighted by Crippen LogP contribution is 2.47. The van der Waals surface area contributed by atoms with Crippen LogP contribution >= 0.6 is 0 Å². The lowest BCUT2D eigenvalue weighted by atomic mass is 10.3. The van der Waals surface area contributed by atoms with Gasteiger partial charge < -0.3 is 20.9 Å². The second-order valence-corrected chi connectivity index (χ2v) is 5.89. The summed E-state index contributed by atoms with van der Waals surface area (Å²) in [6.45, 7) is 1.82. The fraction of sp³-hybridized carbons (Fsp3) is 0.222. The van der Waals surface area contributed by atoms with E-state index >= 15 is 0 Å². The van der Waals surface area contributed by atoms with Crippen molar-refractivity contribution in [2.45, 2.75) is 6.92 Å². The second kappa shape index (κ2) is 6.23. The minimum Gasteiger partial charge on any atom is -0.426 e. The Kier molecular flexibility index (Phi) is 4.12. The van der Waals surface area contributed by atoms with Gasteiger partial charge in [0.2, 0.25) is 0 Å². The number of anilines is 2. The van der Waals surface area contributed by atoms with Crippen LogP contribution in [0.4, 0.5) is 11.4 Å². The van der Waals surface area contributed by atoms with Crippen LogP contribution in [-0.4, -0.2) is 11.9 Å². The van der Waals surface area contributed by atoms with E-state index in [9.17, 15) is 9.59 Å². The lowest BCUT2D eigenvalue weighted by Crippen LogP contribution is -2.17. The Morgan fingerprint density at radius 2 is 1.08 bits per heavy atom. The van der Waals surface area contributed by atoms with Crippen molar-refractivity contribution in [3.8, 4) is 11.5 Å². The Balaban J connectivity index is 1.59. The monoisotopic (exact) mass is 326 g/mol. The van der Waals surface area contributed by atoms with Crippen LogP contribution in [-0.2, 0) is 9.59 Å². The van der Waals surface area contributed by atoms with Gasteiger partial charge in [-0.2, -0.15) is 0 Å². The summed E-state index contributed by atoms with van der Waals surface area (Å²) in [7, 11) is 0. The van der Waals surface area contributed by atoms with E-state index in [1.54, 1.807) is 48.5 Å². The van der Waals surface area contributed by atoms with Crippen LogP contribution in [0.1, 0.15) is 6.92 Å². The molecule has 24 heavy (non-hydrogen) atoms. The predicted octanol–water partition coefficient (Wildman–Crippen LogP) is 2.24. The number of nitrogen functional groups attached to an aromatic ring is 2. The van der Waals surface area contributed by atoms with Crippen molar-refractivity contribution in [3.63, 3.8) is 0 Å². The number of benzene rings is 2. The summed E-state index contributed by atoms with van der Waals surface area (Å²) in [6.07, 6.45) is 0. The standard InChI is InChI=1S/C18H18N2O4/c1-10-15(17(21)23-13-6-2-11(19)3-7-13)16(10)18(22)24-14-8-4-12(20)5-9-14/h2-10,15-16H,19-20H2,1H3. The summed E-state index contributed by atoms with van der Waals surface area (Å²) in [5.74, 6) is -1.18. The molecule has 1 fully saturated rings. The SMILES string of the molecule is CC1C(C(=O)Oc2ccc(N)cc2)C1C(=O)Oc1ccc(N)cc1. The summed E-state index contributed by atoms with van der Waals surface area (Å²) >= 11 is 0. The summed E-state index contributed by atoms with van der Waals surface area (Å²) < 4.78 is 10.6. The van der Waals surface area contributed by atoms with Gasteiger partial charge in [0.25, 0.3) is 0 Å². The largest absolute Gasteiger partial charge is 0.426 e. The summed E-state index contributed by atoms with van der Waals surface area (Å²) in [5.41, 5.74) is 12.3. The molecule has 0 radical (unpaired) electrons. The number of esters is 2. The number of carbonyl (C=O) groups excluding carboxylic acids is 2. The van der Waals surface area contributed by atoms with Crippen molar-refractivity contribution in [2.24, 2.45) is 17.8 Å². The van der Waals surface area contributed by atoms with E-state index in [1.165, 1.54) is 0 Å². The van der Waals surface area contributed by atoms with Gasteiger partial charge in [0.15, 0.2) is 0 Å². The number of nitrogens with two attached hydrogens (primary N) is 2. The molecular formula is C18H18N2O4. The Labute approximate surface area is 139 Å². The first-order valence-electron chi connectivity index (χ1n) is 7.60. The van der Waals surface area contributed by atoms with Crippen LogP contribution in [0.25, 0.3) is 0 Å². The van der Waals surface area contributed by atoms with E-state index in [2.05, 4.69) is 0 Å². The Morgan fingerprint density at radius 1 is 0.750 bits per heavy atom. The molecule has 2 unspecified atom stereocenters. The maximum absolute atomic E-state index is 12.2. The van der Waals surface area contributed by atoms with Gasteiger partial charge in [-0.1, -0.05) is 6.92 Å². The molecule has 0 saturated heterocycles. The first kappa shape index (κ1) is 15.9. The molecule has 0 heterocycles. The number of rotatable bonds is 4. The highest BCUT2D eigenvalue weighted by molar-refractivity contribution is 5.90. The fourth-order valence-corrected chi connectivity index (χ4v) is 2.63. The summed E-state index contributed by atoms with van der Waals surface area (Å²) in [5, 5.41) is 0. The Hall–Kier alpha value is -3.02. The van der Waals surface area contributed by atoms with Gasteiger partial charge in [-0.3, -0.25) is 9.59 Å². The molecule has 1 aliphatic carbocycles. The average molecular weight is 326 g/mol.